The molecule has 1 heterocycles. The second-order valence-corrected chi connectivity index (χ2v) is 9.25. The van der Waals surface area contributed by atoms with Crippen LogP contribution in [-0.4, -0.2) is 18.2 Å². The number of nitrogens with one attached hydrogen (secondary N) is 1. The molecule has 2 aromatic rings. The fraction of sp³-hybridized carbons (Fsp3) is 0.526. The van der Waals surface area contributed by atoms with Gasteiger partial charge in [-0.05, 0) is 62.3 Å². The summed E-state index contributed by atoms with van der Waals surface area (Å²) in [5.41, 5.74) is 9.99. The van der Waals surface area contributed by atoms with Crippen LogP contribution in [0.15, 0.2) is 23.1 Å². The third-order valence-electron chi connectivity index (χ3n) is 4.90. The first-order valence-electron chi connectivity index (χ1n) is 9.13. The van der Waals surface area contributed by atoms with Crippen molar-refractivity contribution in [1.82, 2.24) is 14.5 Å². The van der Waals surface area contributed by atoms with Crippen molar-refractivity contribution in [3.8, 4) is 0 Å². The van der Waals surface area contributed by atoms with Crippen LogP contribution in [0.1, 0.15) is 55.2 Å². The molecule has 0 fully saturated rings. The number of fused-ring (bicyclic) bond motifs is 1. The fourth-order valence-electron chi connectivity index (χ4n) is 3.80. The van der Waals surface area contributed by atoms with Gasteiger partial charge in [-0.1, -0.05) is 19.9 Å². The molecule has 0 saturated carbocycles. The minimum Gasteiger partial charge on any atom is -0.399 e. The molecule has 0 amide bonds. The van der Waals surface area contributed by atoms with Crippen molar-refractivity contribution in [3.63, 3.8) is 0 Å². The molecule has 1 aliphatic rings. The van der Waals surface area contributed by atoms with E-state index in [-0.39, 0.29) is 18.4 Å². The molecule has 3 rings (SSSR count). The van der Waals surface area contributed by atoms with Gasteiger partial charge in [-0.2, -0.15) is 5.10 Å². The van der Waals surface area contributed by atoms with E-state index in [1.54, 1.807) is 11.6 Å². The minimum absolute atomic E-state index is 0. The van der Waals surface area contributed by atoms with Crippen molar-refractivity contribution in [1.29, 1.82) is 0 Å². The van der Waals surface area contributed by atoms with Crippen molar-refractivity contribution >= 4 is 28.1 Å². The van der Waals surface area contributed by atoms with Crippen LogP contribution >= 0.6 is 12.4 Å². The van der Waals surface area contributed by atoms with E-state index in [2.05, 4.69) is 23.7 Å². The van der Waals surface area contributed by atoms with Gasteiger partial charge in [0.15, 0.2) is 0 Å². The third-order valence-corrected chi connectivity index (χ3v) is 6.62. The normalized spacial score (nSPS) is 16.9. The Balaban J connectivity index is 0.00000261. The highest BCUT2D eigenvalue weighted by Gasteiger charge is 2.30. The molecule has 27 heavy (non-hydrogen) atoms. The van der Waals surface area contributed by atoms with E-state index < -0.39 is 10.0 Å². The number of rotatable bonds is 5. The van der Waals surface area contributed by atoms with E-state index in [1.807, 2.05) is 25.1 Å². The van der Waals surface area contributed by atoms with Crippen LogP contribution in [0.5, 0.6) is 0 Å². The van der Waals surface area contributed by atoms with Crippen molar-refractivity contribution in [2.24, 2.45) is 5.92 Å². The smallest absolute Gasteiger partial charge is 0.244 e. The van der Waals surface area contributed by atoms with Crippen LogP contribution in [0.2, 0.25) is 0 Å². The molecule has 1 aromatic heterocycles. The molecule has 1 atom stereocenters. The van der Waals surface area contributed by atoms with E-state index in [9.17, 15) is 8.42 Å². The molecule has 0 aliphatic heterocycles. The molecule has 8 heteroatoms. The number of nitrogens with zero attached hydrogens (tertiary/aromatic N) is 2. The van der Waals surface area contributed by atoms with Crippen LogP contribution < -0.4 is 10.5 Å². The van der Waals surface area contributed by atoms with Gasteiger partial charge in [0.05, 0.1) is 11.4 Å². The number of halogens is 1. The summed E-state index contributed by atoms with van der Waals surface area (Å²) in [6, 6.07) is 5.51. The number of nitrogen functional groups attached to an aromatic ring is 1. The van der Waals surface area contributed by atoms with Crippen molar-refractivity contribution in [2.45, 2.75) is 64.4 Å². The minimum atomic E-state index is -3.65. The predicted octanol–water partition coefficient (Wildman–Crippen LogP) is 3.52. The monoisotopic (exact) mass is 412 g/mol. The molecule has 1 aromatic carbocycles. The van der Waals surface area contributed by atoms with Crippen molar-refractivity contribution in [3.05, 3.63) is 40.7 Å². The Labute approximate surface area is 168 Å². The van der Waals surface area contributed by atoms with Crippen LogP contribution in [0.3, 0.4) is 0 Å². The summed E-state index contributed by atoms with van der Waals surface area (Å²) in [5, 5.41) is 4.45. The summed E-state index contributed by atoms with van der Waals surface area (Å²) in [5.74, 6) is 0.396. The van der Waals surface area contributed by atoms with E-state index >= 15 is 0 Å². The average molecular weight is 413 g/mol. The highest BCUT2D eigenvalue weighted by atomic mass is 35.5. The Bertz CT molecular complexity index is 922. The molecule has 0 saturated heterocycles. The lowest BCUT2D eigenvalue weighted by molar-refractivity contribution is 0.471. The summed E-state index contributed by atoms with van der Waals surface area (Å²) >= 11 is 0. The highest BCUT2D eigenvalue weighted by Crippen LogP contribution is 2.33. The predicted molar refractivity (Wildman–Crippen MR) is 111 cm³/mol. The largest absolute Gasteiger partial charge is 0.399 e. The summed E-state index contributed by atoms with van der Waals surface area (Å²) in [4.78, 5) is 0.306. The number of anilines is 1. The van der Waals surface area contributed by atoms with Gasteiger partial charge in [0.1, 0.15) is 4.90 Å². The third kappa shape index (κ3) is 4.47. The lowest BCUT2D eigenvalue weighted by Crippen LogP contribution is -2.31. The Morgan fingerprint density at radius 3 is 2.70 bits per heavy atom. The number of hydrogen-bond acceptors (Lipinski definition) is 4. The summed E-state index contributed by atoms with van der Waals surface area (Å²) < 4.78 is 31.0. The first kappa shape index (κ1) is 21.7. The van der Waals surface area contributed by atoms with E-state index in [0.29, 0.717) is 34.4 Å². The maximum Gasteiger partial charge on any atom is 0.244 e. The number of sulfonamides is 1. The number of hydrogen-bond donors (Lipinski definition) is 2. The van der Waals surface area contributed by atoms with Gasteiger partial charge in [-0.3, -0.25) is 4.68 Å². The van der Waals surface area contributed by atoms with E-state index in [1.165, 1.54) is 0 Å². The fourth-order valence-corrected chi connectivity index (χ4v) is 5.46. The zero-order valence-corrected chi connectivity index (χ0v) is 18.0. The molecule has 150 valence electrons. The van der Waals surface area contributed by atoms with Gasteiger partial charge in [-0.25, -0.2) is 13.1 Å². The molecular formula is C19H29ClN4O2S. The van der Waals surface area contributed by atoms with Crippen LogP contribution in [-0.2, 0) is 23.0 Å². The molecule has 0 bridgehead atoms. The van der Waals surface area contributed by atoms with Gasteiger partial charge >= 0.3 is 0 Å². The molecule has 0 radical (unpaired) electrons. The second kappa shape index (κ2) is 8.20. The lowest BCUT2D eigenvalue weighted by Gasteiger charge is -2.26. The van der Waals surface area contributed by atoms with E-state index in [4.69, 9.17) is 5.73 Å². The molecular weight excluding hydrogens is 384 g/mol. The zero-order chi connectivity index (χ0) is 19.1. The van der Waals surface area contributed by atoms with Crippen LogP contribution in [0.4, 0.5) is 5.69 Å². The quantitative estimate of drug-likeness (QED) is 0.735. The molecule has 0 spiro atoms. The maximum atomic E-state index is 13.1. The molecule has 1 aliphatic carbocycles. The zero-order valence-electron chi connectivity index (χ0n) is 16.3. The molecule has 6 nitrogen and oxygen atoms in total. The summed E-state index contributed by atoms with van der Waals surface area (Å²) in [6.45, 7) is 8.47. The average Bonchev–Trinajstić information content (AvgIpc) is 2.80. The number of aryl methyl sites for hydroxylation is 2. The molecule has 1 unspecified atom stereocenters. The number of benzene rings is 1. The first-order chi connectivity index (χ1) is 12.2. The summed E-state index contributed by atoms with van der Waals surface area (Å²) in [6.07, 6.45) is 2.66. The van der Waals surface area contributed by atoms with Crippen molar-refractivity contribution in [2.75, 3.05) is 5.73 Å². The van der Waals surface area contributed by atoms with Gasteiger partial charge < -0.3 is 5.73 Å². The maximum absolute atomic E-state index is 13.1. The molecule has 3 N–H and O–H groups in total. The SMILES string of the molecule is Cc1nn(CC(C)C)c(C)c1S(=O)(=O)NC1CCCc2cc(N)ccc21.Cl. The second-order valence-electron chi connectivity index (χ2n) is 7.60. The Kier molecular flexibility index (Phi) is 6.60. The Hall–Kier alpha value is -1.57. The van der Waals surface area contributed by atoms with Gasteiger partial charge in [0.2, 0.25) is 10.0 Å². The Morgan fingerprint density at radius 1 is 1.33 bits per heavy atom. The first-order valence-corrected chi connectivity index (χ1v) is 10.6. The number of aromatic nitrogens is 2. The number of nitrogens with two attached hydrogens (primary N) is 1. The van der Waals surface area contributed by atoms with E-state index in [0.717, 1.165) is 30.4 Å². The van der Waals surface area contributed by atoms with Gasteiger partial charge in [0.25, 0.3) is 0 Å². The highest BCUT2D eigenvalue weighted by molar-refractivity contribution is 7.89. The lowest BCUT2D eigenvalue weighted by atomic mass is 9.88. The van der Waals surface area contributed by atoms with Gasteiger partial charge in [0, 0.05) is 18.3 Å². The van der Waals surface area contributed by atoms with Crippen molar-refractivity contribution < 1.29 is 8.42 Å². The standard InChI is InChI=1S/C19H28N4O2S.ClH/c1-12(2)11-23-14(4)19(13(3)21-23)26(24,25)22-18-7-5-6-15-10-16(20)8-9-17(15)18;/h8-10,12,18,22H,5-7,11,20H2,1-4H3;1H. The van der Waals surface area contributed by atoms with Gasteiger partial charge in [-0.15, -0.1) is 12.4 Å². The van der Waals surface area contributed by atoms with Crippen LogP contribution in [0, 0.1) is 19.8 Å². The van der Waals surface area contributed by atoms with Crippen LogP contribution in [0.25, 0.3) is 0 Å². The summed E-state index contributed by atoms with van der Waals surface area (Å²) in [7, 11) is -3.65. The Morgan fingerprint density at radius 2 is 2.04 bits per heavy atom. The topological polar surface area (TPSA) is 90.0 Å².